The highest BCUT2D eigenvalue weighted by Gasteiger charge is 2.18. The molecule has 0 spiro atoms. The number of benzene rings is 1. The summed E-state index contributed by atoms with van der Waals surface area (Å²) < 4.78 is 30.1. The van der Waals surface area contributed by atoms with E-state index in [0.717, 1.165) is 6.42 Å². The molecular formula is C14H22FNO2S. The number of nitrogens with one attached hydrogen (secondary N) is 1. The van der Waals surface area contributed by atoms with Crippen molar-refractivity contribution in [2.24, 2.45) is 0 Å². The van der Waals surface area contributed by atoms with E-state index in [4.69, 9.17) is 4.74 Å². The summed E-state index contributed by atoms with van der Waals surface area (Å²) in [5.41, 5.74) is 0.537. The van der Waals surface area contributed by atoms with Crippen molar-refractivity contribution in [1.29, 1.82) is 0 Å². The molecule has 0 saturated carbocycles. The lowest BCUT2D eigenvalue weighted by Crippen LogP contribution is -2.30. The van der Waals surface area contributed by atoms with E-state index in [1.807, 2.05) is 13.8 Å². The highest BCUT2D eigenvalue weighted by Crippen LogP contribution is 2.27. The molecule has 3 nitrogen and oxygen atoms in total. The van der Waals surface area contributed by atoms with E-state index >= 15 is 0 Å². The SMILES string of the molecule is COc1cccc(F)c1C(C)NC(C)CCS(C)=O. The van der Waals surface area contributed by atoms with Crippen molar-refractivity contribution in [3.05, 3.63) is 29.6 Å². The molecule has 1 aromatic rings. The third-order valence-corrected chi connectivity index (χ3v) is 3.85. The van der Waals surface area contributed by atoms with Gasteiger partial charge in [-0.3, -0.25) is 4.21 Å². The predicted molar refractivity (Wildman–Crippen MR) is 77.5 cm³/mol. The van der Waals surface area contributed by atoms with Crippen molar-refractivity contribution < 1.29 is 13.3 Å². The summed E-state index contributed by atoms with van der Waals surface area (Å²) in [6.45, 7) is 3.91. The number of hydrogen-bond donors (Lipinski definition) is 1. The number of methoxy groups -OCH3 is 1. The Hall–Kier alpha value is -0.940. The average Bonchev–Trinajstić information content (AvgIpc) is 2.35. The van der Waals surface area contributed by atoms with Crippen LogP contribution >= 0.6 is 0 Å². The number of hydrogen-bond acceptors (Lipinski definition) is 3. The van der Waals surface area contributed by atoms with Crippen LogP contribution in [0.5, 0.6) is 5.75 Å². The maximum Gasteiger partial charge on any atom is 0.131 e. The molecule has 0 heterocycles. The van der Waals surface area contributed by atoms with Crippen LogP contribution in [-0.2, 0) is 10.8 Å². The first kappa shape index (κ1) is 16.1. The minimum Gasteiger partial charge on any atom is -0.496 e. The fraction of sp³-hybridized carbons (Fsp3) is 0.571. The molecule has 3 unspecified atom stereocenters. The van der Waals surface area contributed by atoms with E-state index in [9.17, 15) is 8.60 Å². The van der Waals surface area contributed by atoms with Gasteiger partial charge in [0.2, 0.25) is 0 Å². The van der Waals surface area contributed by atoms with E-state index in [-0.39, 0.29) is 17.9 Å². The Morgan fingerprint density at radius 2 is 2.11 bits per heavy atom. The van der Waals surface area contributed by atoms with E-state index in [2.05, 4.69) is 5.32 Å². The zero-order chi connectivity index (χ0) is 14.4. The highest BCUT2D eigenvalue weighted by molar-refractivity contribution is 7.84. The van der Waals surface area contributed by atoms with Gasteiger partial charge in [-0.25, -0.2) is 4.39 Å². The third-order valence-electron chi connectivity index (χ3n) is 3.04. The average molecular weight is 287 g/mol. The van der Waals surface area contributed by atoms with Crippen molar-refractivity contribution in [1.82, 2.24) is 5.32 Å². The lowest BCUT2D eigenvalue weighted by atomic mass is 10.1. The minimum absolute atomic E-state index is 0.156. The minimum atomic E-state index is -0.795. The van der Waals surface area contributed by atoms with Crippen molar-refractivity contribution in [2.75, 3.05) is 19.1 Å². The predicted octanol–water partition coefficient (Wildman–Crippen LogP) is 2.64. The van der Waals surface area contributed by atoms with Crippen LogP contribution in [0.15, 0.2) is 18.2 Å². The summed E-state index contributed by atoms with van der Waals surface area (Å²) in [5.74, 6) is 0.923. The Bertz CT molecular complexity index is 439. The second-order valence-electron chi connectivity index (χ2n) is 4.71. The maximum absolute atomic E-state index is 13.9. The molecule has 1 rings (SSSR count). The quantitative estimate of drug-likeness (QED) is 0.838. The molecule has 3 atom stereocenters. The van der Waals surface area contributed by atoms with Crippen LogP contribution in [0.3, 0.4) is 0 Å². The first-order chi connectivity index (χ1) is 8.95. The Morgan fingerprint density at radius 3 is 2.68 bits per heavy atom. The van der Waals surface area contributed by atoms with Crippen LogP contribution in [0.4, 0.5) is 4.39 Å². The summed E-state index contributed by atoms with van der Waals surface area (Å²) in [6.07, 6.45) is 2.49. The fourth-order valence-corrected chi connectivity index (χ4v) is 2.74. The largest absolute Gasteiger partial charge is 0.496 e. The van der Waals surface area contributed by atoms with Gasteiger partial charge in [-0.15, -0.1) is 0 Å². The molecule has 0 aliphatic heterocycles. The fourth-order valence-electron chi connectivity index (χ4n) is 2.05. The summed E-state index contributed by atoms with van der Waals surface area (Å²) in [6, 6.07) is 4.83. The van der Waals surface area contributed by atoms with Gasteiger partial charge in [0.05, 0.1) is 7.11 Å². The highest BCUT2D eigenvalue weighted by atomic mass is 32.2. The Morgan fingerprint density at radius 1 is 1.42 bits per heavy atom. The van der Waals surface area contributed by atoms with Crippen LogP contribution in [0.1, 0.15) is 31.9 Å². The number of ether oxygens (including phenoxy) is 1. The van der Waals surface area contributed by atoms with E-state index in [1.165, 1.54) is 13.2 Å². The Labute approximate surface area is 117 Å². The smallest absolute Gasteiger partial charge is 0.131 e. The van der Waals surface area contributed by atoms with Gasteiger partial charge in [0.15, 0.2) is 0 Å². The number of halogens is 1. The van der Waals surface area contributed by atoms with Gasteiger partial charge in [-0.2, -0.15) is 0 Å². The molecule has 0 aliphatic carbocycles. The zero-order valence-electron chi connectivity index (χ0n) is 11.9. The molecule has 0 fully saturated rings. The van der Waals surface area contributed by atoms with Crippen LogP contribution in [0.25, 0.3) is 0 Å². The summed E-state index contributed by atoms with van der Waals surface area (Å²) in [4.78, 5) is 0. The summed E-state index contributed by atoms with van der Waals surface area (Å²) in [7, 11) is 0.742. The van der Waals surface area contributed by atoms with Crippen LogP contribution in [-0.4, -0.2) is 29.4 Å². The van der Waals surface area contributed by atoms with E-state index < -0.39 is 10.8 Å². The third kappa shape index (κ3) is 4.91. The standard InChI is InChI=1S/C14H22FNO2S/c1-10(8-9-19(4)17)16-11(2)14-12(15)6-5-7-13(14)18-3/h5-7,10-11,16H,8-9H2,1-4H3. The molecular weight excluding hydrogens is 265 g/mol. The molecule has 5 heteroatoms. The molecule has 0 aliphatic rings. The van der Waals surface area contributed by atoms with E-state index in [0.29, 0.717) is 17.1 Å². The van der Waals surface area contributed by atoms with Gasteiger partial charge in [-0.05, 0) is 32.4 Å². The van der Waals surface area contributed by atoms with Crippen molar-refractivity contribution in [2.45, 2.75) is 32.4 Å². The van der Waals surface area contributed by atoms with Crippen LogP contribution in [0.2, 0.25) is 0 Å². The maximum atomic E-state index is 13.9. The number of rotatable bonds is 7. The van der Waals surface area contributed by atoms with Gasteiger partial charge in [0, 0.05) is 40.5 Å². The van der Waals surface area contributed by atoms with Gasteiger partial charge in [-0.1, -0.05) is 6.07 Å². The lowest BCUT2D eigenvalue weighted by Gasteiger charge is -2.22. The molecule has 19 heavy (non-hydrogen) atoms. The Kier molecular flexibility index (Phi) is 6.45. The summed E-state index contributed by atoms with van der Waals surface area (Å²) in [5, 5.41) is 3.31. The Balaban J connectivity index is 2.72. The van der Waals surface area contributed by atoms with Gasteiger partial charge >= 0.3 is 0 Å². The van der Waals surface area contributed by atoms with E-state index in [1.54, 1.807) is 18.4 Å². The molecule has 0 bridgehead atoms. The molecule has 1 N–H and O–H groups in total. The molecule has 0 radical (unpaired) electrons. The molecule has 108 valence electrons. The topological polar surface area (TPSA) is 38.3 Å². The first-order valence-corrected chi connectivity index (χ1v) is 8.07. The zero-order valence-corrected chi connectivity index (χ0v) is 12.7. The molecule has 0 saturated heterocycles. The van der Waals surface area contributed by atoms with Crippen molar-refractivity contribution in [3.8, 4) is 5.75 Å². The summed E-state index contributed by atoms with van der Waals surface area (Å²) >= 11 is 0. The monoisotopic (exact) mass is 287 g/mol. The molecule has 0 amide bonds. The normalized spacial score (nSPS) is 15.8. The van der Waals surface area contributed by atoms with Crippen molar-refractivity contribution >= 4 is 10.8 Å². The van der Waals surface area contributed by atoms with Crippen LogP contribution in [0, 0.1) is 5.82 Å². The molecule has 1 aromatic carbocycles. The van der Waals surface area contributed by atoms with Gasteiger partial charge in [0.25, 0.3) is 0 Å². The van der Waals surface area contributed by atoms with Gasteiger partial charge in [0.1, 0.15) is 11.6 Å². The second-order valence-corrected chi connectivity index (χ2v) is 6.27. The molecule has 0 aromatic heterocycles. The van der Waals surface area contributed by atoms with Gasteiger partial charge < -0.3 is 10.1 Å². The van der Waals surface area contributed by atoms with Crippen molar-refractivity contribution in [3.63, 3.8) is 0 Å². The lowest BCUT2D eigenvalue weighted by molar-refractivity contribution is 0.385. The van der Waals surface area contributed by atoms with Crippen LogP contribution < -0.4 is 10.1 Å². The second kappa shape index (κ2) is 7.60. The first-order valence-electron chi connectivity index (χ1n) is 6.34.